The lowest BCUT2D eigenvalue weighted by Gasteiger charge is -2.22. The Kier molecular flexibility index (Phi) is 11.4. The number of hydrogen-bond donors (Lipinski definition) is 3. The number of carbonyl (C=O) groups excluding carboxylic acids is 2. The van der Waals surface area contributed by atoms with E-state index in [-0.39, 0.29) is 11.8 Å². The van der Waals surface area contributed by atoms with Crippen LogP contribution in [0.4, 0.5) is 11.6 Å². The Bertz CT molecular complexity index is 1420. The van der Waals surface area contributed by atoms with Crippen molar-refractivity contribution >= 4 is 23.5 Å². The lowest BCUT2D eigenvalue weighted by atomic mass is 10.1. The summed E-state index contributed by atoms with van der Waals surface area (Å²) >= 11 is 0. The lowest BCUT2D eigenvalue weighted by molar-refractivity contribution is -0.135. The number of nitrogens with zero attached hydrogens (tertiary/aromatic N) is 4. The molecule has 1 atom stereocenters. The van der Waals surface area contributed by atoms with Crippen molar-refractivity contribution in [2.24, 2.45) is 0 Å². The van der Waals surface area contributed by atoms with Crippen LogP contribution < -0.4 is 16.0 Å². The molecule has 0 radical (unpaired) electrons. The van der Waals surface area contributed by atoms with Crippen LogP contribution in [0.3, 0.4) is 0 Å². The molecule has 9 heteroatoms. The molecular formula is C31H33N7O2. The molecule has 0 fully saturated rings. The van der Waals surface area contributed by atoms with Gasteiger partial charge >= 0.3 is 0 Å². The van der Waals surface area contributed by atoms with E-state index in [2.05, 4.69) is 38.8 Å². The second kappa shape index (κ2) is 15.4. The third-order valence-electron chi connectivity index (χ3n) is 6.00. The van der Waals surface area contributed by atoms with E-state index in [1.165, 1.54) is 11.0 Å². The van der Waals surface area contributed by atoms with E-state index >= 15 is 0 Å². The summed E-state index contributed by atoms with van der Waals surface area (Å²) in [4.78, 5) is 35.2. The molecule has 0 spiro atoms. The fraction of sp³-hybridized carbons (Fsp3) is 0.258. The van der Waals surface area contributed by atoms with Gasteiger partial charge in [0.05, 0.1) is 22.9 Å². The third kappa shape index (κ3) is 8.80. The summed E-state index contributed by atoms with van der Waals surface area (Å²) in [5.41, 5.74) is 3.66. The summed E-state index contributed by atoms with van der Waals surface area (Å²) in [6.45, 7) is 2.73. The Morgan fingerprint density at radius 3 is 2.58 bits per heavy atom. The molecule has 1 aromatic heterocycles. The summed E-state index contributed by atoms with van der Waals surface area (Å²) in [6, 6.07) is 18.3. The summed E-state index contributed by atoms with van der Waals surface area (Å²) in [7, 11) is 3.41. The van der Waals surface area contributed by atoms with E-state index in [0.29, 0.717) is 48.7 Å². The normalized spacial score (nSPS) is 11.2. The fourth-order valence-corrected chi connectivity index (χ4v) is 3.56. The van der Waals surface area contributed by atoms with Gasteiger partial charge in [-0.25, -0.2) is 9.97 Å². The first-order valence-corrected chi connectivity index (χ1v) is 13.0. The highest BCUT2D eigenvalue weighted by atomic mass is 16.2. The average molecular weight is 536 g/mol. The van der Waals surface area contributed by atoms with Crippen molar-refractivity contribution in [1.29, 1.82) is 5.26 Å². The lowest BCUT2D eigenvalue weighted by Crippen LogP contribution is -2.45. The van der Waals surface area contributed by atoms with Crippen LogP contribution in [-0.4, -0.2) is 59.9 Å². The van der Waals surface area contributed by atoms with E-state index < -0.39 is 6.04 Å². The first kappa shape index (κ1) is 29.6. The molecule has 0 bridgehead atoms. The van der Waals surface area contributed by atoms with Crippen molar-refractivity contribution < 1.29 is 9.59 Å². The Labute approximate surface area is 235 Å². The smallest absolute Gasteiger partial charge is 0.246 e. The molecule has 0 saturated carbocycles. The molecule has 1 heterocycles. The van der Waals surface area contributed by atoms with Crippen LogP contribution >= 0.6 is 0 Å². The van der Waals surface area contributed by atoms with Crippen molar-refractivity contribution in [3.8, 4) is 29.2 Å². The second-order valence-corrected chi connectivity index (χ2v) is 8.92. The zero-order valence-electron chi connectivity index (χ0n) is 22.9. The van der Waals surface area contributed by atoms with Gasteiger partial charge in [0.25, 0.3) is 0 Å². The Morgan fingerprint density at radius 2 is 1.88 bits per heavy atom. The van der Waals surface area contributed by atoms with Gasteiger partial charge in [0.1, 0.15) is 6.04 Å². The summed E-state index contributed by atoms with van der Waals surface area (Å²) in [5, 5.41) is 18.0. The Morgan fingerprint density at radius 1 is 1.12 bits per heavy atom. The van der Waals surface area contributed by atoms with E-state index in [1.54, 1.807) is 57.6 Å². The maximum atomic E-state index is 12.5. The zero-order valence-corrected chi connectivity index (χ0v) is 22.9. The van der Waals surface area contributed by atoms with E-state index in [4.69, 9.17) is 10.2 Å². The topological polar surface area (TPSA) is 123 Å². The Balaban J connectivity index is 1.59. The number of amides is 2. The second-order valence-electron chi connectivity index (χ2n) is 8.92. The molecule has 0 unspecified atom stereocenters. The minimum atomic E-state index is -0.584. The molecule has 2 aromatic carbocycles. The van der Waals surface area contributed by atoms with E-state index in [1.807, 2.05) is 30.3 Å². The van der Waals surface area contributed by atoms with Gasteiger partial charge in [0.2, 0.25) is 17.8 Å². The quantitative estimate of drug-likeness (QED) is 0.195. The van der Waals surface area contributed by atoms with Gasteiger partial charge in [0.15, 0.2) is 0 Å². The van der Waals surface area contributed by atoms with Crippen molar-refractivity contribution in [3.05, 3.63) is 84.1 Å². The van der Waals surface area contributed by atoms with Crippen LogP contribution in [0.15, 0.2) is 72.9 Å². The molecule has 0 aliphatic heterocycles. The molecule has 9 nitrogen and oxygen atoms in total. The molecule has 0 aliphatic carbocycles. The number of carbonyl (C=O) groups is 2. The van der Waals surface area contributed by atoms with Crippen molar-refractivity contribution in [3.63, 3.8) is 0 Å². The van der Waals surface area contributed by atoms with Gasteiger partial charge in [-0.15, -0.1) is 0 Å². The van der Waals surface area contributed by atoms with E-state index in [9.17, 15) is 9.59 Å². The molecule has 0 aliphatic rings. The first-order chi connectivity index (χ1) is 19.4. The third-order valence-corrected chi connectivity index (χ3v) is 6.00. The van der Waals surface area contributed by atoms with Crippen LogP contribution in [0.2, 0.25) is 0 Å². The molecular weight excluding hydrogens is 502 g/mol. The standard InChI is InChI=1S/C31H33N7O2/c1-23(38(3)28(39)14-10-19-33-2)30(40)34-20-9-5-8-13-26-22-35-31(36-27-17-15-24(21-32)16-18-27)37-29(26)25-11-6-4-7-12-25/h4,6-7,10-12,14-18,22-23,33H,5,9,19-20H2,1-3H3,(H,34,40)(H,35,36,37)/b14-10+/t23-/m0/s1. The predicted molar refractivity (Wildman–Crippen MR) is 156 cm³/mol. The van der Waals surface area contributed by atoms with Crippen LogP contribution in [0, 0.1) is 23.2 Å². The zero-order chi connectivity index (χ0) is 28.7. The van der Waals surface area contributed by atoms with Crippen LogP contribution in [0.1, 0.15) is 30.9 Å². The highest BCUT2D eigenvalue weighted by Gasteiger charge is 2.20. The minimum absolute atomic E-state index is 0.212. The number of rotatable bonds is 11. The maximum absolute atomic E-state index is 12.5. The molecule has 3 N–H and O–H groups in total. The van der Waals surface area contributed by atoms with Gasteiger partial charge in [-0.05, 0) is 44.7 Å². The number of hydrogen-bond acceptors (Lipinski definition) is 7. The number of aromatic nitrogens is 2. The van der Waals surface area contributed by atoms with Gasteiger partial charge in [0, 0.05) is 50.1 Å². The van der Waals surface area contributed by atoms with Crippen LogP contribution in [0.25, 0.3) is 11.3 Å². The predicted octanol–water partition coefficient (Wildman–Crippen LogP) is 3.63. The monoisotopic (exact) mass is 535 g/mol. The molecule has 204 valence electrons. The van der Waals surface area contributed by atoms with Crippen molar-refractivity contribution in [1.82, 2.24) is 25.5 Å². The highest BCUT2D eigenvalue weighted by molar-refractivity contribution is 5.92. The fourth-order valence-electron chi connectivity index (χ4n) is 3.56. The van der Waals surface area contributed by atoms with Crippen LogP contribution in [0.5, 0.6) is 0 Å². The average Bonchev–Trinajstić information content (AvgIpc) is 2.99. The van der Waals surface area contributed by atoms with Crippen LogP contribution in [-0.2, 0) is 9.59 Å². The maximum Gasteiger partial charge on any atom is 0.246 e. The molecule has 3 aromatic rings. The first-order valence-electron chi connectivity index (χ1n) is 13.0. The summed E-state index contributed by atoms with van der Waals surface area (Å²) < 4.78 is 0. The molecule has 0 saturated heterocycles. The van der Waals surface area contributed by atoms with E-state index in [0.717, 1.165) is 11.3 Å². The van der Waals surface area contributed by atoms with Gasteiger partial charge in [-0.2, -0.15) is 5.26 Å². The molecule has 3 rings (SSSR count). The number of nitriles is 1. The largest absolute Gasteiger partial charge is 0.354 e. The van der Waals surface area contributed by atoms with Gasteiger partial charge in [-0.3, -0.25) is 9.59 Å². The number of likely N-dealkylation sites (N-methyl/N-ethyl adjacent to an activating group) is 2. The number of benzene rings is 2. The van der Waals surface area contributed by atoms with Crippen molar-refractivity contribution in [2.75, 3.05) is 32.5 Å². The molecule has 2 amide bonds. The summed E-state index contributed by atoms with van der Waals surface area (Å²) in [6.07, 6.45) is 6.09. The number of anilines is 2. The minimum Gasteiger partial charge on any atom is -0.354 e. The number of unbranched alkanes of at least 4 members (excludes halogenated alkanes) is 1. The SMILES string of the molecule is CNC/C=C/C(=O)N(C)[C@@H](C)C(=O)NCCCC#Cc1cnc(Nc2ccc(C#N)cc2)nc1-c1ccccc1. The van der Waals surface area contributed by atoms with Gasteiger partial charge in [-0.1, -0.05) is 48.2 Å². The number of nitrogens with one attached hydrogen (secondary N) is 3. The van der Waals surface area contributed by atoms with Crippen molar-refractivity contribution in [2.45, 2.75) is 25.8 Å². The summed E-state index contributed by atoms with van der Waals surface area (Å²) in [5.74, 6) is 6.31. The highest BCUT2D eigenvalue weighted by Crippen LogP contribution is 2.23. The molecule has 40 heavy (non-hydrogen) atoms. The Hall–Kier alpha value is -4.99. The van der Waals surface area contributed by atoms with Gasteiger partial charge < -0.3 is 20.9 Å².